The molecule has 3 aliphatic rings. The van der Waals surface area contributed by atoms with Crippen LogP contribution in [0.25, 0.3) is 22.2 Å². The van der Waals surface area contributed by atoms with E-state index in [2.05, 4.69) is 33.7 Å². The Kier molecular flexibility index (Phi) is 18.3. The fourth-order valence-corrected chi connectivity index (χ4v) is 9.86. The first kappa shape index (κ1) is 59.8. The average molecular weight is 1080 g/mol. The third kappa shape index (κ3) is 14.3. The largest absolute Gasteiger partial charge is 0.494 e. The van der Waals surface area contributed by atoms with Gasteiger partial charge in [0, 0.05) is 68.3 Å². The topological polar surface area (TPSA) is 173 Å². The fourth-order valence-electron chi connectivity index (χ4n) is 9.86. The Hall–Kier alpha value is -5.89. The van der Waals surface area contributed by atoms with E-state index in [0.29, 0.717) is 52.2 Å². The minimum atomic E-state index is -1.16. The minimum Gasteiger partial charge on any atom is -0.464 e. The van der Waals surface area contributed by atoms with E-state index >= 15 is 0 Å². The summed E-state index contributed by atoms with van der Waals surface area (Å²) in [5.41, 5.74) is 3.35. The van der Waals surface area contributed by atoms with Crippen LogP contribution >= 0.6 is 0 Å². The molecule has 78 heavy (non-hydrogen) atoms. The molecule has 0 spiro atoms. The number of methoxy groups -OCH3 is 1. The summed E-state index contributed by atoms with van der Waals surface area (Å²) in [6.07, 6.45) is 0.521. The van der Waals surface area contributed by atoms with Crippen LogP contribution in [0, 0.1) is 5.41 Å². The third-order valence-electron chi connectivity index (χ3n) is 14.6. The van der Waals surface area contributed by atoms with E-state index < -0.39 is 65.2 Å². The number of carbonyl (C=O) groups excluding carboxylic acids is 4. The fraction of sp³-hybridized carbons (Fsp3) is 0.610. The minimum absolute atomic E-state index is 0.0201. The van der Waals surface area contributed by atoms with Gasteiger partial charge < -0.3 is 52.1 Å². The number of esters is 1. The Labute approximate surface area is 462 Å². The molecular formula is C59H85BN6O12. The quantitative estimate of drug-likeness (QED) is 0.0589. The van der Waals surface area contributed by atoms with E-state index in [4.69, 9.17) is 42.7 Å². The van der Waals surface area contributed by atoms with Gasteiger partial charge in [-0.05, 0) is 138 Å². The zero-order valence-electron chi connectivity index (χ0n) is 49.2. The van der Waals surface area contributed by atoms with Crippen molar-refractivity contribution < 1.29 is 56.9 Å². The second kappa shape index (κ2) is 23.8. The third-order valence-corrected chi connectivity index (χ3v) is 14.6. The van der Waals surface area contributed by atoms with Crippen molar-refractivity contribution in [2.45, 2.75) is 177 Å². The van der Waals surface area contributed by atoms with Crippen molar-refractivity contribution in [1.82, 2.24) is 24.5 Å². The summed E-state index contributed by atoms with van der Waals surface area (Å²) < 4.78 is 51.4. The zero-order valence-corrected chi connectivity index (χ0v) is 49.2. The van der Waals surface area contributed by atoms with Crippen molar-refractivity contribution in [3.8, 4) is 11.3 Å². The summed E-state index contributed by atoms with van der Waals surface area (Å²) in [6, 6.07) is 17.0. The van der Waals surface area contributed by atoms with Gasteiger partial charge in [0.05, 0.1) is 59.9 Å². The number of rotatable bonds is 16. The summed E-state index contributed by atoms with van der Waals surface area (Å²) >= 11 is 0. The Bertz CT molecular complexity index is 2740. The summed E-state index contributed by atoms with van der Waals surface area (Å²) in [4.78, 5) is 64.6. The standard InChI is InChI=1S/C59H85BN6O12/c1-39(2)72-32-31-64-47-25-24-42(60-77-58(12,13)59(14,15)78-60)33-44(47)46(35-57(10,11)38-74-51(67)48-23-20-26-65(53(69)75-55(4,5)6)66(48)54(70)76-56(7,8)9)50(64)45-34-43(36-61-49(45)40(3)71-16)62-27-29-63(30-28-62)52(68)73-37-41-21-18-17-19-22-41/h17-19,21-22,24-25,33-34,36,39-40,48H,20,23,26-32,35,37-38H2,1-16H3/t40-,48-/m0/s1. The van der Waals surface area contributed by atoms with E-state index in [-0.39, 0.29) is 38.4 Å². The van der Waals surface area contributed by atoms with Gasteiger partial charge in [0.25, 0.3) is 0 Å². The van der Waals surface area contributed by atoms with Crippen molar-refractivity contribution in [3.05, 3.63) is 77.6 Å². The van der Waals surface area contributed by atoms with Crippen LogP contribution in [0.3, 0.4) is 0 Å². The number of hydrazine groups is 1. The van der Waals surface area contributed by atoms with Gasteiger partial charge in [-0.25, -0.2) is 24.2 Å². The van der Waals surface area contributed by atoms with E-state index in [9.17, 15) is 19.2 Å². The summed E-state index contributed by atoms with van der Waals surface area (Å²) in [5.74, 6) is -0.670. The number of fused-ring (bicyclic) bond motifs is 1. The molecule has 5 heterocycles. The Morgan fingerprint density at radius 1 is 0.795 bits per heavy atom. The van der Waals surface area contributed by atoms with Crippen molar-refractivity contribution in [2.24, 2.45) is 5.41 Å². The first-order valence-corrected chi connectivity index (χ1v) is 27.5. The number of nitrogens with zero attached hydrogens (tertiary/aromatic N) is 6. The Morgan fingerprint density at radius 2 is 1.44 bits per heavy atom. The lowest BCUT2D eigenvalue weighted by Crippen LogP contribution is -2.61. The molecule has 0 bridgehead atoms. The number of carbonyl (C=O) groups is 4. The van der Waals surface area contributed by atoms with Gasteiger partial charge in [0.1, 0.15) is 17.8 Å². The SMILES string of the molecule is CO[C@@H](C)c1ncc(N2CCN(C(=O)OCc3ccccc3)CC2)cc1-c1c(CC(C)(C)COC(=O)[C@@H]2CCCN(C(=O)OC(C)(C)C)N2C(=O)OC(C)(C)C)c2cc(B3OC(C)(C)C(C)(C)O3)ccc2n1CCOC(C)C. The normalized spacial score (nSPS) is 18.4. The van der Waals surface area contributed by atoms with Gasteiger partial charge in [-0.15, -0.1) is 0 Å². The van der Waals surface area contributed by atoms with Crippen molar-refractivity contribution in [1.29, 1.82) is 0 Å². The lowest BCUT2D eigenvalue weighted by Gasteiger charge is -2.43. The lowest BCUT2D eigenvalue weighted by molar-refractivity contribution is -0.164. The van der Waals surface area contributed by atoms with Crippen molar-refractivity contribution >= 4 is 53.4 Å². The molecule has 0 aliphatic carbocycles. The van der Waals surface area contributed by atoms with Crippen LogP contribution in [0.5, 0.6) is 0 Å². The first-order valence-electron chi connectivity index (χ1n) is 27.5. The molecule has 2 aromatic carbocycles. The second-order valence-electron chi connectivity index (χ2n) is 24.8. The van der Waals surface area contributed by atoms with Gasteiger partial charge in [-0.1, -0.05) is 56.3 Å². The van der Waals surface area contributed by atoms with Crippen LogP contribution in [0.2, 0.25) is 0 Å². The van der Waals surface area contributed by atoms with Gasteiger partial charge >= 0.3 is 31.4 Å². The monoisotopic (exact) mass is 1080 g/mol. The highest BCUT2D eigenvalue weighted by atomic mass is 16.7. The molecule has 0 radical (unpaired) electrons. The van der Waals surface area contributed by atoms with Crippen LogP contribution in [-0.2, 0) is 62.1 Å². The second-order valence-corrected chi connectivity index (χ2v) is 24.8. The number of hydrogen-bond donors (Lipinski definition) is 0. The molecule has 18 nitrogen and oxygen atoms in total. The van der Waals surface area contributed by atoms with E-state index in [1.807, 2.05) is 98.8 Å². The molecular weight excluding hydrogens is 995 g/mol. The number of ether oxygens (including phenoxy) is 6. The van der Waals surface area contributed by atoms with Crippen LogP contribution in [0.4, 0.5) is 20.1 Å². The molecule has 0 unspecified atom stereocenters. The summed E-state index contributed by atoms with van der Waals surface area (Å²) in [5, 5.41) is 3.17. The maximum atomic E-state index is 14.5. The summed E-state index contributed by atoms with van der Waals surface area (Å²) in [7, 11) is 1.02. The number of pyridine rings is 1. The molecule has 426 valence electrons. The molecule has 4 aromatic rings. The number of amides is 3. The zero-order chi connectivity index (χ0) is 57.1. The lowest BCUT2D eigenvalue weighted by atomic mass is 9.77. The molecule has 0 N–H and O–H groups in total. The first-order chi connectivity index (χ1) is 36.5. The van der Waals surface area contributed by atoms with Crippen LogP contribution in [0.1, 0.15) is 140 Å². The average Bonchev–Trinajstić information content (AvgIpc) is 3.87. The Balaban J connectivity index is 1.29. The molecule has 3 fully saturated rings. The highest BCUT2D eigenvalue weighted by Crippen LogP contribution is 2.43. The number of aromatic nitrogens is 2. The molecule has 3 saturated heterocycles. The van der Waals surface area contributed by atoms with Crippen molar-refractivity contribution in [3.63, 3.8) is 0 Å². The highest BCUT2D eigenvalue weighted by molar-refractivity contribution is 6.62. The number of hydrogen-bond acceptors (Lipinski definition) is 14. The maximum absolute atomic E-state index is 14.5. The molecule has 19 heteroatoms. The molecule has 3 amide bonds. The van der Waals surface area contributed by atoms with Crippen molar-refractivity contribution in [2.75, 3.05) is 57.9 Å². The van der Waals surface area contributed by atoms with Crippen LogP contribution in [0.15, 0.2) is 60.8 Å². The molecule has 7 rings (SSSR count). The maximum Gasteiger partial charge on any atom is 0.494 e. The predicted molar refractivity (Wildman–Crippen MR) is 300 cm³/mol. The predicted octanol–water partition coefficient (Wildman–Crippen LogP) is 10.3. The number of anilines is 1. The number of benzene rings is 2. The number of piperazine rings is 1. The van der Waals surface area contributed by atoms with E-state index in [1.165, 1.54) is 0 Å². The molecule has 3 aliphatic heterocycles. The molecule has 2 atom stereocenters. The Morgan fingerprint density at radius 3 is 2.05 bits per heavy atom. The smallest absolute Gasteiger partial charge is 0.464 e. The molecule has 2 aromatic heterocycles. The van der Waals surface area contributed by atoms with Crippen LogP contribution < -0.4 is 10.4 Å². The highest BCUT2D eigenvalue weighted by Gasteiger charge is 2.52. The van der Waals surface area contributed by atoms with E-state index in [1.54, 1.807) is 53.6 Å². The van der Waals surface area contributed by atoms with Gasteiger partial charge in [0.2, 0.25) is 0 Å². The van der Waals surface area contributed by atoms with Gasteiger partial charge in [-0.2, -0.15) is 5.01 Å². The summed E-state index contributed by atoms with van der Waals surface area (Å²) in [6.45, 7) is 31.9. The van der Waals surface area contributed by atoms with Gasteiger partial charge in [0.15, 0.2) is 6.04 Å². The van der Waals surface area contributed by atoms with Gasteiger partial charge in [-0.3, -0.25) is 4.98 Å². The van der Waals surface area contributed by atoms with E-state index in [0.717, 1.165) is 60.1 Å². The van der Waals surface area contributed by atoms with Crippen LogP contribution in [-0.4, -0.2) is 143 Å². The molecule has 0 saturated carbocycles.